The van der Waals surface area contributed by atoms with Crippen molar-refractivity contribution in [2.75, 3.05) is 19.0 Å². The number of nitrogens with zero attached hydrogens (tertiary/aromatic N) is 1. The number of benzene rings is 2. The molecular formula is C23H25N3O4S. The second kappa shape index (κ2) is 10.6. The van der Waals surface area contributed by atoms with E-state index < -0.39 is 0 Å². The number of carbonyl (C=O) groups is 2. The molecule has 1 unspecified atom stereocenters. The highest BCUT2D eigenvalue weighted by Gasteiger charge is 2.15. The number of thiazole rings is 1. The van der Waals surface area contributed by atoms with Crippen molar-refractivity contribution in [2.24, 2.45) is 0 Å². The van der Waals surface area contributed by atoms with Crippen molar-refractivity contribution in [3.8, 4) is 11.5 Å². The summed E-state index contributed by atoms with van der Waals surface area (Å²) in [7, 11) is 1.58. The van der Waals surface area contributed by atoms with E-state index in [1.54, 1.807) is 36.8 Å². The van der Waals surface area contributed by atoms with E-state index in [9.17, 15) is 9.59 Å². The van der Waals surface area contributed by atoms with Gasteiger partial charge >= 0.3 is 0 Å². The number of aromatic nitrogens is 1. The first-order chi connectivity index (χ1) is 15.0. The van der Waals surface area contributed by atoms with Crippen molar-refractivity contribution in [3.63, 3.8) is 0 Å². The zero-order chi connectivity index (χ0) is 22.2. The molecular weight excluding hydrogens is 414 g/mol. The fourth-order valence-corrected chi connectivity index (χ4v) is 3.68. The average Bonchev–Trinajstić information content (AvgIpc) is 3.21. The summed E-state index contributed by atoms with van der Waals surface area (Å²) in [4.78, 5) is 29.0. The van der Waals surface area contributed by atoms with Crippen LogP contribution < -0.4 is 20.1 Å². The number of rotatable bonds is 9. The van der Waals surface area contributed by atoms with E-state index in [1.807, 2.05) is 38.1 Å². The molecule has 2 N–H and O–H groups in total. The normalized spacial score (nSPS) is 11.5. The Hall–Kier alpha value is -3.39. The van der Waals surface area contributed by atoms with Crippen LogP contribution >= 0.6 is 11.3 Å². The SMILES string of the molecule is CCOc1ccc(C(C)NC(=O)Cc2csc(NC(=O)c3ccccc3)n2)cc1OC. The van der Waals surface area contributed by atoms with Crippen molar-refractivity contribution in [1.82, 2.24) is 10.3 Å². The first-order valence-electron chi connectivity index (χ1n) is 9.91. The smallest absolute Gasteiger partial charge is 0.257 e. The third-order valence-corrected chi connectivity index (χ3v) is 5.32. The van der Waals surface area contributed by atoms with Crippen LogP contribution in [0.2, 0.25) is 0 Å². The molecule has 0 saturated heterocycles. The van der Waals surface area contributed by atoms with Gasteiger partial charge in [-0.3, -0.25) is 14.9 Å². The number of amides is 2. The Balaban J connectivity index is 1.57. The molecule has 0 fully saturated rings. The van der Waals surface area contributed by atoms with E-state index in [1.165, 1.54) is 11.3 Å². The number of nitrogens with one attached hydrogen (secondary N) is 2. The lowest BCUT2D eigenvalue weighted by molar-refractivity contribution is -0.121. The molecule has 8 heteroatoms. The van der Waals surface area contributed by atoms with Crippen molar-refractivity contribution in [2.45, 2.75) is 26.3 Å². The standard InChI is InChI=1S/C23H25N3O4S/c1-4-30-19-11-10-17(12-20(19)29-3)15(2)24-21(27)13-18-14-31-23(25-18)26-22(28)16-8-6-5-7-9-16/h5-12,14-15H,4,13H2,1-3H3,(H,24,27)(H,25,26,28). The topological polar surface area (TPSA) is 89.6 Å². The minimum atomic E-state index is -0.232. The van der Waals surface area contributed by atoms with Crippen molar-refractivity contribution in [3.05, 3.63) is 70.7 Å². The average molecular weight is 440 g/mol. The van der Waals surface area contributed by atoms with Crippen LogP contribution in [-0.2, 0) is 11.2 Å². The Morgan fingerprint density at radius 1 is 1.13 bits per heavy atom. The lowest BCUT2D eigenvalue weighted by Crippen LogP contribution is -2.28. The Morgan fingerprint density at radius 2 is 1.90 bits per heavy atom. The van der Waals surface area contributed by atoms with Crippen LogP contribution in [0, 0.1) is 0 Å². The molecule has 31 heavy (non-hydrogen) atoms. The zero-order valence-corrected chi connectivity index (χ0v) is 18.5. The molecule has 162 valence electrons. The largest absolute Gasteiger partial charge is 0.493 e. The molecule has 1 aromatic heterocycles. The van der Waals surface area contributed by atoms with Gasteiger partial charge in [0.05, 0.1) is 31.9 Å². The van der Waals surface area contributed by atoms with Gasteiger partial charge in [0.15, 0.2) is 16.6 Å². The number of carbonyl (C=O) groups excluding carboxylic acids is 2. The molecule has 3 rings (SSSR count). The molecule has 1 heterocycles. The first-order valence-corrected chi connectivity index (χ1v) is 10.8. The van der Waals surface area contributed by atoms with E-state index in [4.69, 9.17) is 9.47 Å². The summed E-state index contributed by atoms with van der Waals surface area (Å²) >= 11 is 1.29. The maximum absolute atomic E-state index is 12.5. The minimum Gasteiger partial charge on any atom is -0.493 e. The Kier molecular flexibility index (Phi) is 7.61. The predicted octanol–water partition coefficient (Wildman–Crippen LogP) is 4.22. The van der Waals surface area contributed by atoms with Crippen LogP contribution in [-0.4, -0.2) is 30.5 Å². The van der Waals surface area contributed by atoms with Crippen LogP contribution in [0.3, 0.4) is 0 Å². The predicted molar refractivity (Wildman–Crippen MR) is 121 cm³/mol. The second-order valence-electron chi connectivity index (χ2n) is 6.77. The maximum atomic E-state index is 12.5. The van der Waals surface area contributed by atoms with Crippen molar-refractivity contribution < 1.29 is 19.1 Å². The number of ether oxygens (including phenoxy) is 2. The number of anilines is 1. The molecule has 0 bridgehead atoms. The quantitative estimate of drug-likeness (QED) is 0.521. The first kappa shape index (κ1) is 22.3. The van der Waals surface area contributed by atoms with Crippen LogP contribution in [0.25, 0.3) is 0 Å². The highest BCUT2D eigenvalue weighted by Crippen LogP contribution is 2.30. The Bertz CT molecular complexity index is 1040. The fraction of sp³-hybridized carbons (Fsp3) is 0.261. The molecule has 0 aliphatic heterocycles. The van der Waals surface area contributed by atoms with Crippen LogP contribution in [0.15, 0.2) is 53.9 Å². The molecule has 0 aliphatic rings. The minimum absolute atomic E-state index is 0.121. The summed E-state index contributed by atoms with van der Waals surface area (Å²) in [6.07, 6.45) is 0.121. The lowest BCUT2D eigenvalue weighted by atomic mass is 10.1. The van der Waals surface area contributed by atoms with E-state index in [0.29, 0.717) is 34.5 Å². The van der Waals surface area contributed by atoms with E-state index in [-0.39, 0.29) is 24.3 Å². The summed E-state index contributed by atoms with van der Waals surface area (Å²) in [5, 5.41) is 7.95. The zero-order valence-electron chi connectivity index (χ0n) is 17.7. The van der Waals surface area contributed by atoms with Crippen LogP contribution in [0.5, 0.6) is 11.5 Å². The fourth-order valence-electron chi connectivity index (χ4n) is 2.97. The summed E-state index contributed by atoms with van der Waals surface area (Å²) in [6, 6.07) is 14.3. The summed E-state index contributed by atoms with van der Waals surface area (Å²) in [5.41, 5.74) is 2.06. The Labute approximate surface area is 185 Å². The highest BCUT2D eigenvalue weighted by molar-refractivity contribution is 7.14. The molecule has 0 radical (unpaired) electrons. The molecule has 2 aromatic carbocycles. The van der Waals surface area contributed by atoms with Crippen molar-refractivity contribution >= 4 is 28.3 Å². The molecule has 1 atom stereocenters. The maximum Gasteiger partial charge on any atom is 0.257 e. The molecule has 0 saturated carbocycles. The van der Waals surface area contributed by atoms with Gasteiger partial charge in [-0.2, -0.15) is 0 Å². The third kappa shape index (κ3) is 6.05. The van der Waals surface area contributed by atoms with E-state index in [2.05, 4.69) is 15.6 Å². The van der Waals surface area contributed by atoms with E-state index >= 15 is 0 Å². The van der Waals surface area contributed by atoms with Gasteiger partial charge in [-0.1, -0.05) is 24.3 Å². The number of hydrogen-bond acceptors (Lipinski definition) is 6. The van der Waals surface area contributed by atoms with Gasteiger partial charge in [-0.25, -0.2) is 4.98 Å². The third-order valence-electron chi connectivity index (χ3n) is 4.51. The molecule has 3 aromatic rings. The van der Waals surface area contributed by atoms with Crippen LogP contribution in [0.4, 0.5) is 5.13 Å². The number of hydrogen-bond donors (Lipinski definition) is 2. The Morgan fingerprint density at radius 3 is 2.61 bits per heavy atom. The van der Waals surface area contributed by atoms with Gasteiger partial charge in [0.25, 0.3) is 5.91 Å². The van der Waals surface area contributed by atoms with Gasteiger partial charge < -0.3 is 14.8 Å². The lowest BCUT2D eigenvalue weighted by Gasteiger charge is -2.16. The highest BCUT2D eigenvalue weighted by atomic mass is 32.1. The van der Waals surface area contributed by atoms with Gasteiger partial charge in [-0.15, -0.1) is 11.3 Å². The molecule has 0 aliphatic carbocycles. The second-order valence-corrected chi connectivity index (χ2v) is 7.63. The summed E-state index contributed by atoms with van der Waals surface area (Å²) in [6.45, 7) is 4.36. The molecule has 0 spiro atoms. The monoisotopic (exact) mass is 439 g/mol. The summed E-state index contributed by atoms with van der Waals surface area (Å²) in [5.74, 6) is 0.897. The van der Waals surface area contributed by atoms with Crippen molar-refractivity contribution in [1.29, 1.82) is 0 Å². The molecule has 2 amide bonds. The van der Waals surface area contributed by atoms with Gasteiger partial charge in [0.1, 0.15) is 0 Å². The van der Waals surface area contributed by atoms with Gasteiger partial charge in [0, 0.05) is 10.9 Å². The molecule has 7 nitrogen and oxygen atoms in total. The number of methoxy groups -OCH3 is 1. The van der Waals surface area contributed by atoms with Gasteiger partial charge in [0.2, 0.25) is 5.91 Å². The van der Waals surface area contributed by atoms with Crippen LogP contribution in [0.1, 0.15) is 41.5 Å². The van der Waals surface area contributed by atoms with Gasteiger partial charge in [-0.05, 0) is 43.7 Å². The summed E-state index contributed by atoms with van der Waals surface area (Å²) < 4.78 is 10.9. The van der Waals surface area contributed by atoms with E-state index in [0.717, 1.165) is 5.56 Å².